The maximum Gasteiger partial charge on any atom is 0.332 e. The van der Waals surface area contributed by atoms with Crippen molar-refractivity contribution in [3.05, 3.63) is 28.1 Å². The molecule has 1 aromatic heterocycles. The summed E-state index contributed by atoms with van der Waals surface area (Å²) in [5.74, 6) is -0.812. The van der Waals surface area contributed by atoms with Crippen molar-refractivity contribution in [1.29, 1.82) is 0 Å². The third-order valence-electron chi connectivity index (χ3n) is 2.24. The Bertz CT molecular complexity index is 508. The van der Waals surface area contributed by atoms with Crippen LogP contribution in [0.5, 0.6) is 0 Å². The Hall–Kier alpha value is -1.63. The van der Waals surface area contributed by atoms with Gasteiger partial charge in [-0.1, -0.05) is 0 Å². The number of aryl methyl sites for hydroxylation is 1. The number of aromatic nitrogens is 2. The van der Waals surface area contributed by atoms with Crippen molar-refractivity contribution in [2.45, 2.75) is 27.3 Å². The first kappa shape index (κ1) is 15.4. The summed E-state index contributed by atoms with van der Waals surface area (Å²) in [7, 11) is 0. The predicted octanol–water partition coefficient (Wildman–Crippen LogP) is 1.86. The first-order chi connectivity index (χ1) is 8.99. The van der Waals surface area contributed by atoms with Crippen molar-refractivity contribution < 1.29 is 14.3 Å². The van der Waals surface area contributed by atoms with Gasteiger partial charge in [0.05, 0.1) is 17.3 Å². The molecule has 0 aliphatic rings. The Morgan fingerprint density at radius 3 is 2.79 bits per heavy atom. The number of hydrogen-bond donors (Lipinski definition) is 1. The quantitative estimate of drug-likeness (QED) is 0.661. The van der Waals surface area contributed by atoms with Gasteiger partial charge < -0.3 is 10.1 Å². The highest BCUT2D eigenvalue weighted by Gasteiger charge is 2.16. The molecular weight excluding hydrogens is 314 g/mol. The molecule has 0 saturated carbocycles. The molecule has 0 aliphatic carbocycles. The van der Waals surface area contributed by atoms with E-state index in [0.717, 1.165) is 0 Å². The summed E-state index contributed by atoms with van der Waals surface area (Å²) in [6.45, 7) is 6.10. The van der Waals surface area contributed by atoms with E-state index < -0.39 is 5.97 Å². The fourth-order valence-corrected chi connectivity index (χ4v) is 1.94. The second-order valence-corrected chi connectivity index (χ2v) is 4.54. The lowest BCUT2D eigenvalue weighted by molar-refractivity contribution is -0.137. The second kappa shape index (κ2) is 7.08. The number of halogens is 1. The van der Waals surface area contributed by atoms with E-state index in [1.165, 1.54) is 6.08 Å². The van der Waals surface area contributed by atoms with E-state index in [9.17, 15) is 9.59 Å². The normalized spacial score (nSPS) is 11.3. The van der Waals surface area contributed by atoms with Crippen LogP contribution in [0.4, 0.5) is 0 Å². The molecule has 0 bridgehead atoms. The lowest BCUT2D eigenvalue weighted by atomic mass is 10.3. The van der Waals surface area contributed by atoms with Gasteiger partial charge in [-0.3, -0.25) is 9.48 Å². The number of carbonyl (C=O) groups is 2. The molecule has 0 spiro atoms. The minimum Gasteiger partial charge on any atom is -0.463 e. The zero-order valence-electron chi connectivity index (χ0n) is 11.1. The number of amides is 1. The molecule has 6 nitrogen and oxygen atoms in total. The number of nitrogens with zero attached hydrogens (tertiary/aromatic N) is 2. The third-order valence-corrected chi connectivity index (χ3v) is 2.82. The SMILES string of the molecule is CCOC(=O)/C=C(\C)NC(=O)c1c(Br)cnn1CC. The van der Waals surface area contributed by atoms with E-state index in [2.05, 4.69) is 26.3 Å². The molecule has 0 aromatic carbocycles. The zero-order chi connectivity index (χ0) is 14.4. The highest BCUT2D eigenvalue weighted by atomic mass is 79.9. The smallest absolute Gasteiger partial charge is 0.332 e. The van der Waals surface area contributed by atoms with Crippen molar-refractivity contribution in [2.24, 2.45) is 0 Å². The fourth-order valence-electron chi connectivity index (χ4n) is 1.46. The molecule has 7 heteroatoms. The van der Waals surface area contributed by atoms with E-state index >= 15 is 0 Å². The maximum atomic E-state index is 12.1. The summed E-state index contributed by atoms with van der Waals surface area (Å²) in [6.07, 6.45) is 2.80. The summed E-state index contributed by atoms with van der Waals surface area (Å²) in [6, 6.07) is 0. The highest BCUT2D eigenvalue weighted by Crippen LogP contribution is 2.16. The molecule has 1 N–H and O–H groups in total. The molecule has 104 valence electrons. The molecule has 0 radical (unpaired) electrons. The van der Waals surface area contributed by atoms with Crippen LogP contribution in [0.15, 0.2) is 22.4 Å². The Balaban J connectivity index is 2.79. The van der Waals surface area contributed by atoms with Crippen molar-refractivity contribution in [2.75, 3.05) is 6.61 Å². The van der Waals surface area contributed by atoms with Gasteiger partial charge in [-0.05, 0) is 36.7 Å². The molecule has 0 fully saturated rings. The van der Waals surface area contributed by atoms with Crippen LogP contribution in [0, 0.1) is 0 Å². The fraction of sp³-hybridized carbons (Fsp3) is 0.417. The second-order valence-electron chi connectivity index (χ2n) is 3.69. The van der Waals surface area contributed by atoms with E-state index in [1.807, 2.05) is 6.92 Å². The Morgan fingerprint density at radius 2 is 2.21 bits per heavy atom. The topological polar surface area (TPSA) is 73.2 Å². The summed E-state index contributed by atoms with van der Waals surface area (Å²) in [5, 5.41) is 6.67. The van der Waals surface area contributed by atoms with Crippen LogP contribution in [0.1, 0.15) is 31.3 Å². The minimum atomic E-state index is -0.483. The minimum absolute atomic E-state index is 0.296. The molecular formula is C12H16BrN3O3. The molecule has 0 unspecified atom stereocenters. The van der Waals surface area contributed by atoms with Gasteiger partial charge in [-0.2, -0.15) is 5.10 Å². The van der Waals surface area contributed by atoms with E-state index in [-0.39, 0.29) is 5.91 Å². The molecule has 1 heterocycles. The van der Waals surface area contributed by atoms with Gasteiger partial charge in [-0.15, -0.1) is 0 Å². The van der Waals surface area contributed by atoms with Crippen LogP contribution in [0.2, 0.25) is 0 Å². The molecule has 1 amide bonds. The van der Waals surface area contributed by atoms with Crippen molar-refractivity contribution in [3.63, 3.8) is 0 Å². The monoisotopic (exact) mass is 329 g/mol. The molecule has 0 saturated heterocycles. The lowest BCUT2D eigenvalue weighted by Crippen LogP contribution is -2.25. The largest absolute Gasteiger partial charge is 0.463 e. The number of nitrogens with one attached hydrogen (secondary N) is 1. The number of allylic oxidation sites excluding steroid dienone is 1. The number of hydrogen-bond acceptors (Lipinski definition) is 4. The van der Waals surface area contributed by atoms with E-state index in [4.69, 9.17) is 4.74 Å². The van der Waals surface area contributed by atoms with Crippen LogP contribution < -0.4 is 5.32 Å². The zero-order valence-corrected chi connectivity index (χ0v) is 12.7. The van der Waals surface area contributed by atoms with E-state index in [1.54, 1.807) is 24.7 Å². The Kier molecular flexibility index (Phi) is 5.75. The van der Waals surface area contributed by atoms with Crippen LogP contribution in [-0.2, 0) is 16.1 Å². The van der Waals surface area contributed by atoms with Gasteiger partial charge in [0, 0.05) is 18.3 Å². The summed E-state index contributed by atoms with van der Waals surface area (Å²) >= 11 is 3.27. The molecule has 0 atom stereocenters. The molecule has 1 aromatic rings. The van der Waals surface area contributed by atoms with Gasteiger partial charge in [0.25, 0.3) is 5.91 Å². The first-order valence-electron chi connectivity index (χ1n) is 5.87. The Labute approximate surface area is 119 Å². The molecule has 1 rings (SSSR count). The first-order valence-corrected chi connectivity index (χ1v) is 6.66. The average molecular weight is 330 g/mol. The maximum absolute atomic E-state index is 12.1. The van der Waals surface area contributed by atoms with Crippen LogP contribution in [0.25, 0.3) is 0 Å². The summed E-state index contributed by atoms with van der Waals surface area (Å²) < 4.78 is 6.93. The van der Waals surface area contributed by atoms with Gasteiger partial charge in [0.1, 0.15) is 5.69 Å². The molecule has 0 aliphatic heterocycles. The third kappa shape index (κ3) is 4.20. The number of ether oxygens (including phenoxy) is 1. The average Bonchev–Trinajstić information content (AvgIpc) is 2.70. The van der Waals surface area contributed by atoms with Gasteiger partial charge >= 0.3 is 5.97 Å². The predicted molar refractivity (Wildman–Crippen MR) is 73.5 cm³/mol. The van der Waals surface area contributed by atoms with Crippen molar-refractivity contribution >= 4 is 27.8 Å². The van der Waals surface area contributed by atoms with E-state index in [0.29, 0.717) is 29.0 Å². The summed E-state index contributed by atoms with van der Waals surface area (Å²) in [5.41, 5.74) is 0.832. The Morgan fingerprint density at radius 1 is 1.53 bits per heavy atom. The lowest BCUT2D eigenvalue weighted by Gasteiger charge is -2.07. The molecule has 19 heavy (non-hydrogen) atoms. The van der Waals surface area contributed by atoms with Crippen LogP contribution in [-0.4, -0.2) is 28.3 Å². The van der Waals surface area contributed by atoms with Gasteiger partial charge in [0.2, 0.25) is 0 Å². The number of rotatable bonds is 5. The number of carbonyl (C=O) groups excluding carboxylic acids is 2. The van der Waals surface area contributed by atoms with Gasteiger partial charge in [-0.25, -0.2) is 4.79 Å². The standard InChI is InChI=1S/C12H16BrN3O3/c1-4-16-11(9(13)7-14-16)12(18)15-8(3)6-10(17)19-5-2/h6-7H,4-5H2,1-3H3,(H,15,18)/b8-6+. The van der Waals surface area contributed by atoms with Crippen molar-refractivity contribution in [3.8, 4) is 0 Å². The van der Waals surface area contributed by atoms with Gasteiger partial charge in [0.15, 0.2) is 0 Å². The van der Waals surface area contributed by atoms with Crippen LogP contribution in [0.3, 0.4) is 0 Å². The van der Waals surface area contributed by atoms with Crippen LogP contribution >= 0.6 is 15.9 Å². The highest BCUT2D eigenvalue weighted by molar-refractivity contribution is 9.10. The summed E-state index contributed by atoms with van der Waals surface area (Å²) in [4.78, 5) is 23.3. The number of esters is 1. The van der Waals surface area contributed by atoms with Crippen molar-refractivity contribution in [1.82, 2.24) is 15.1 Å².